The van der Waals surface area contributed by atoms with E-state index >= 15 is 0 Å². The minimum atomic E-state index is 0.845. The fraction of sp³-hybridized carbons (Fsp3) is 0.0385. The van der Waals surface area contributed by atoms with Gasteiger partial charge in [0.2, 0.25) is 0 Å². The van der Waals surface area contributed by atoms with Crippen molar-refractivity contribution < 1.29 is 9.47 Å². The zero-order valence-electron chi connectivity index (χ0n) is 30.1. The highest BCUT2D eigenvalue weighted by Gasteiger charge is 2.31. The molecule has 9 aromatic carbocycles. The molecule has 2 nitrogen and oxygen atoms in total. The maximum Gasteiger partial charge on any atom is 0.118 e. The molecule has 0 saturated heterocycles. The lowest BCUT2D eigenvalue weighted by Crippen LogP contribution is -1.94. The van der Waals surface area contributed by atoms with Crippen molar-refractivity contribution in [1.82, 2.24) is 0 Å². The third-order valence-corrected chi connectivity index (χ3v) is 11.0. The minimum absolute atomic E-state index is 0.845. The van der Waals surface area contributed by atoms with Gasteiger partial charge in [-0.15, -0.1) is 0 Å². The van der Waals surface area contributed by atoms with Gasteiger partial charge in [0.1, 0.15) is 11.5 Å². The number of hydrogen-bond donors (Lipinski definition) is 0. The summed E-state index contributed by atoms with van der Waals surface area (Å²) in [6.07, 6.45) is 0. The van der Waals surface area contributed by atoms with Gasteiger partial charge in [-0.3, -0.25) is 0 Å². The summed E-state index contributed by atoms with van der Waals surface area (Å²) in [4.78, 5) is 0. The summed E-state index contributed by atoms with van der Waals surface area (Å²) in [6, 6.07) is 65.9. The summed E-state index contributed by atoms with van der Waals surface area (Å²) in [5.74, 6) is 1.69. The molecule has 0 aliphatic heterocycles. The molecule has 54 heavy (non-hydrogen) atoms. The summed E-state index contributed by atoms with van der Waals surface area (Å²) in [6.45, 7) is 0. The average Bonchev–Trinajstić information content (AvgIpc) is 3.58. The Hall–Kier alpha value is -6.90. The molecule has 1 aliphatic rings. The van der Waals surface area contributed by atoms with Gasteiger partial charge >= 0.3 is 0 Å². The van der Waals surface area contributed by atoms with Crippen LogP contribution in [0.3, 0.4) is 0 Å². The van der Waals surface area contributed by atoms with Crippen LogP contribution < -0.4 is 9.47 Å². The number of fused-ring (bicyclic) bond motifs is 4. The molecule has 1 aliphatic carbocycles. The van der Waals surface area contributed by atoms with Gasteiger partial charge in [0.05, 0.1) is 14.2 Å². The van der Waals surface area contributed by atoms with Crippen molar-refractivity contribution in [2.24, 2.45) is 0 Å². The van der Waals surface area contributed by atoms with E-state index < -0.39 is 0 Å². The first-order chi connectivity index (χ1) is 26.7. The topological polar surface area (TPSA) is 18.5 Å². The Kier molecular flexibility index (Phi) is 7.63. The van der Waals surface area contributed by atoms with E-state index in [1.165, 1.54) is 88.3 Å². The molecule has 0 radical (unpaired) electrons. The first-order valence-electron chi connectivity index (χ1n) is 18.4. The second kappa shape index (κ2) is 12.9. The Labute approximate surface area is 315 Å². The van der Waals surface area contributed by atoms with Crippen molar-refractivity contribution >= 4 is 21.5 Å². The van der Waals surface area contributed by atoms with Crippen LogP contribution in [0, 0.1) is 0 Å². The molecule has 0 heterocycles. The van der Waals surface area contributed by atoms with Gasteiger partial charge in [-0.05, 0) is 142 Å². The third kappa shape index (κ3) is 5.10. The standard InChI is InChI=1S/C52H36O2/c1-53-40-24-20-35(21-25-40)48-44-16-9-10-17-45(44)49(36-22-26-41(54-2)27-23-36)52-47-29-28-42(43-18-11-19-46(50(43)47)51(48)52)39-31-37(33-12-5-3-6-13-33)30-38(32-39)34-14-7-4-8-15-34/h3-32H,1-2H3. The van der Waals surface area contributed by atoms with Gasteiger partial charge in [-0.1, -0.05) is 140 Å². The number of methoxy groups -OCH3 is 2. The van der Waals surface area contributed by atoms with Crippen molar-refractivity contribution in [1.29, 1.82) is 0 Å². The van der Waals surface area contributed by atoms with Crippen LogP contribution in [0.25, 0.3) is 99.4 Å². The zero-order valence-corrected chi connectivity index (χ0v) is 30.1. The van der Waals surface area contributed by atoms with Crippen LogP contribution in [0.2, 0.25) is 0 Å². The monoisotopic (exact) mass is 692 g/mol. The van der Waals surface area contributed by atoms with E-state index in [2.05, 4.69) is 182 Å². The van der Waals surface area contributed by atoms with E-state index in [-0.39, 0.29) is 0 Å². The van der Waals surface area contributed by atoms with Crippen molar-refractivity contribution in [2.75, 3.05) is 14.2 Å². The Morgan fingerprint density at radius 1 is 0.278 bits per heavy atom. The molecular weight excluding hydrogens is 657 g/mol. The van der Waals surface area contributed by atoms with Crippen LogP contribution in [0.5, 0.6) is 11.5 Å². The van der Waals surface area contributed by atoms with Gasteiger partial charge in [-0.25, -0.2) is 0 Å². The average molecular weight is 693 g/mol. The Balaban J connectivity index is 1.28. The zero-order chi connectivity index (χ0) is 36.2. The lowest BCUT2D eigenvalue weighted by Gasteiger charge is -2.20. The number of rotatable bonds is 7. The summed E-state index contributed by atoms with van der Waals surface area (Å²) in [5, 5.41) is 4.98. The third-order valence-electron chi connectivity index (χ3n) is 11.0. The van der Waals surface area contributed by atoms with E-state index in [4.69, 9.17) is 9.47 Å². The van der Waals surface area contributed by atoms with E-state index in [9.17, 15) is 0 Å². The van der Waals surface area contributed by atoms with E-state index in [0.29, 0.717) is 0 Å². The quantitative estimate of drug-likeness (QED) is 0.166. The molecule has 9 aromatic rings. The molecule has 0 fully saturated rings. The van der Waals surface area contributed by atoms with Crippen LogP contribution in [0.4, 0.5) is 0 Å². The van der Waals surface area contributed by atoms with Gasteiger partial charge < -0.3 is 9.47 Å². The van der Waals surface area contributed by atoms with Crippen LogP contribution >= 0.6 is 0 Å². The van der Waals surface area contributed by atoms with Crippen molar-refractivity contribution in [3.05, 3.63) is 182 Å². The highest BCUT2D eigenvalue weighted by atomic mass is 16.5. The maximum atomic E-state index is 5.60. The summed E-state index contributed by atoms with van der Waals surface area (Å²) >= 11 is 0. The Bertz CT molecular complexity index is 2700. The molecule has 0 amide bonds. The lowest BCUT2D eigenvalue weighted by molar-refractivity contribution is 0.415. The largest absolute Gasteiger partial charge is 0.497 e. The molecule has 0 spiro atoms. The molecule has 0 unspecified atom stereocenters. The molecule has 0 aromatic heterocycles. The first-order valence-corrected chi connectivity index (χ1v) is 18.4. The highest BCUT2D eigenvalue weighted by molar-refractivity contribution is 6.28. The molecule has 0 N–H and O–H groups in total. The second-order valence-electron chi connectivity index (χ2n) is 13.9. The van der Waals surface area contributed by atoms with E-state index in [1.54, 1.807) is 14.2 Å². The molecular formula is C52H36O2. The van der Waals surface area contributed by atoms with Gasteiger partial charge in [0.25, 0.3) is 0 Å². The normalized spacial score (nSPS) is 11.5. The number of hydrogen-bond acceptors (Lipinski definition) is 2. The predicted octanol–water partition coefficient (Wildman–Crippen LogP) is 14.0. The first kappa shape index (κ1) is 31.8. The van der Waals surface area contributed by atoms with Gasteiger partial charge in [0, 0.05) is 0 Å². The Morgan fingerprint density at radius 3 is 1.20 bits per heavy atom. The molecule has 256 valence electrons. The molecule has 0 atom stereocenters. The van der Waals surface area contributed by atoms with Crippen molar-refractivity contribution in [3.8, 4) is 89.4 Å². The number of benzene rings is 9. The summed E-state index contributed by atoms with van der Waals surface area (Å²) in [7, 11) is 3.44. The van der Waals surface area contributed by atoms with E-state index in [0.717, 1.165) is 22.6 Å². The number of ether oxygens (including phenoxy) is 2. The summed E-state index contributed by atoms with van der Waals surface area (Å²) in [5.41, 5.74) is 17.1. The molecule has 0 bridgehead atoms. The van der Waals surface area contributed by atoms with E-state index in [1.807, 2.05) is 0 Å². The van der Waals surface area contributed by atoms with Crippen LogP contribution in [-0.2, 0) is 0 Å². The fourth-order valence-corrected chi connectivity index (χ4v) is 8.54. The SMILES string of the molecule is COc1ccc(-c2c3c(c(-c4ccc(OC)cc4)c4ccccc24)-c2ccc(-c4cc(-c5ccccc5)cc(-c5ccccc5)c4)c4cccc-3c24)cc1. The van der Waals surface area contributed by atoms with Crippen LogP contribution in [0.15, 0.2) is 182 Å². The smallest absolute Gasteiger partial charge is 0.118 e. The van der Waals surface area contributed by atoms with Gasteiger partial charge in [-0.2, -0.15) is 0 Å². The molecule has 0 saturated carbocycles. The van der Waals surface area contributed by atoms with Crippen molar-refractivity contribution in [2.45, 2.75) is 0 Å². The van der Waals surface area contributed by atoms with Crippen molar-refractivity contribution in [3.63, 3.8) is 0 Å². The summed E-state index contributed by atoms with van der Waals surface area (Å²) < 4.78 is 11.2. The van der Waals surface area contributed by atoms with Crippen LogP contribution in [0.1, 0.15) is 0 Å². The minimum Gasteiger partial charge on any atom is -0.497 e. The maximum absolute atomic E-state index is 5.60. The fourth-order valence-electron chi connectivity index (χ4n) is 8.54. The van der Waals surface area contributed by atoms with Gasteiger partial charge in [0.15, 0.2) is 0 Å². The van der Waals surface area contributed by atoms with Crippen LogP contribution in [-0.4, -0.2) is 14.2 Å². The molecule has 2 heteroatoms. The lowest BCUT2D eigenvalue weighted by atomic mass is 9.82. The highest BCUT2D eigenvalue weighted by Crippen LogP contribution is 2.58. The molecule has 10 rings (SSSR count). The predicted molar refractivity (Wildman–Crippen MR) is 226 cm³/mol. The Morgan fingerprint density at radius 2 is 0.704 bits per heavy atom. The second-order valence-corrected chi connectivity index (χ2v) is 13.9.